The number of halogens is 1. The quantitative estimate of drug-likeness (QED) is 0.340. The highest BCUT2D eigenvalue weighted by atomic mass is 28.4. The molecule has 1 unspecified atom stereocenters. The summed E-state index contributed by atoms with van der Waals surface area (Å²) in [5, 5.41) is 0. The number of hydrogen-bond donors (Lipinski definition) is 0. The van der Waals surface area contributed by atoms with Crippen LogP contribution in [0.3, 0.4) is 0 Å². The van der Waals surface area contributed by atoms with Crippen molar-refractivity contribution in [3.8, 4) is 0 Å². The molecule has 0 saturated heterocycles. The number of hydrogen-bond acceptors (Lipinski definition) is 7. The predicted octanol–water partition coefficient (Wildman–Crippen LogP) is 0.878. The van der Waals surface area contributed by atoms with Gasteiger partial charge in [0.2, 0.25) is 0 Å². The molecule has 1 atom stereocenters. The summed E-state index contributed by atoms with van der Waals surface area (Å²) in [7, 11) is -0.373. The first-order valence-electron chi connectivity index (χ1n) is 4.11. The Hall–Kier alpha value is -0.133. The van der Waals surface area contributed by atoms with Gasteiger partial charge in [-0.05, 0) is 6.42 Å². The van der Waals surface area contributed by atoms with Crippen molar-refractivity contribution in [3.63, 3.8) is 0 Å². The number of alkyl halides is 1. The van der Waals surface area contributed by atoms with Crippen molar-refractivity contribution >= 4 is 9.05 Å². The molecule has 0 aromatic carbocycles. The summed E-state index contributed by atoms with van der Waals surface area (Å²) in [5.41, 5.74) is 0. The summed E-state index contributed by atoms with van der Waals surface area (Å²) in [6.07, 6.45) is -1.56. The van der Waals surface area contributed by atoms with Gasteiger partial charge in [0, 0.05) is 0 Å². The molecule has 0 bridgehead atoms. The summed E-state index contributed by atoms with van der Waals surface area (Å²) in [5.74, 6) is 0. The van der Waals surface area contributed by atoms with Gasteiger partial charge in [-0.3, -0.25) is 0 Å². The molecule has 0 amide bonds. The Bertz CT molecular complexity index is 143. The van der Waals surface area contributed by atoms with Crippen LogP contribution in [0, 0.1) is 0 Å². The largest absolute Gasteiger partial charge is 0.766 e. The molecule has 0 aliphatic carbocycles. The minimum Gasteiger partial charge on any atom is -0.315 e. The van der Waals surface area contributed by atoms with Crippen LogP contribution >= 0.6 is 0 Å². The highest BCUT2D eigenvalue weighted by Gasteiger charge is 2.53. The zero-order valence-corrected chi connectivity index (χ0v) is 10.0. The topological polar surface area (TPSA) is 64.6 Å². The molecule has 0 N–H and O–H groups in total. The molecule has 0 radical (unpaired) electrons. The maximum absolute atomic E-state index is 13.0. The van der Waals surface area contributed by atoms with Crippen molar-refractivity contribution < 1.29 is 37.2 Å². The molecule has 0 aromatic heterocycles. The highest BCUT2D eigenvalue weighted by molar-refractivity contribution is 6.52. The van der Waals surface area contributed by atoms with Crippen LogP contribution in [0.1, 0.15) is 13.3 Å². The second-order valence-electron chi connectivity index (χ2n) is 2.19. The zero-order chi connectivity index (χ0) is 11.7. The van der Waals surface area contributed by atoms with Gasteiger partial charge in [0.25, 0.3) is 0 Å². The standard InChI is InChI=1S/C6H15FO7Si/c1-5-6(7)11-15(12-8-2,13-9-3)14-10-4/h6H,5H2,1-4H3. The normalized spacial score (nSPS) is 14.2. The van der Waals surface area contributed by atoms with E-state index in [-0.39, 0.29) is 6.42 Å². The van der Waals surface area contributed by atoms with Gasteiger partial charge in [-0.2, -0.15) is 13.7 Å². The molecule has 0 rings (SSSR count). The van der Waals surface area contributed by atoms with Crippen LogP contribution in [-0.2, 0) is 32.8 Å². The van der Waals surface area contributed by atoms with Crippen molar-refractivity contribution in [1.29, 1.82) is 0 Å². The third-order valence-electron chi connectivity index (χ3n) is 1.15. The van der Waals surface area contributed by atoms with E-state index in [2.05, 4.69) is 28.4 Å². The van der Waals surface area contributed by atoms with Crippen LogP contribution < -0.4 is 0 Å². The molecule has 0 heterocycles. The fraction of sp³-hybridized carbons (Fsp3) is 1.00. The summed E-state index contributed by atoms with van der Waals surface area (Å²) >= 11 is 0. The second-order valence-corrected chi connectivity index (χ2v) is 3.92. The average Bonchev–Trinajstić information content (AvgIpc) is 2.18. The Morgan fingerprint density at radius 3 is 1.67 bits per heavy atom. The second kappa shape index (κ2) is 8.07. The van der Waals surface area contributed by atoms with Gasteiger partial charge in [0.05, 0.1) is 21.3 Å². The lowest BCUT2D eigenvalue weighted by Gasteiger charge is -2.23. The van der Waals surface area contributed by atoms with Crippen molar-refractivity contribution in [2.24, 2.45) is 0 Å². The molecule has 9 heteroatoms. The third kappa shape index (κ3) is 5.49. The Morgan fingerprint density at radius 2 is 1.40 bits per heavy atom. The Morgan fingerprint density at radius 1 is 1.00 bits per heavy atom. The fourth-order valence-electron chi connectivity index (χ4n) is 0.647. The first kappa shape index (κ1) is 14.9. The van der Waals surface area contributed by atoms with Gasteiger partial charge in [-0.15, -0.1) is 0 Å². The molecular formula is C6H15FO7Si. The van der Waals surface area contributed by atoms with Crippen LogP contribution in [0.5, 0.6) is 0 Å². The molecule has 0 spiro atoms. The van der Waals surface area contributed by atoms with Crippen molar-refractivity contribution in [3.05, 3.63) is 0 Å². The zero-order valence-electron chi connectivity index (χ0n) is 9.02. The first-order valence-corrected chi connectivity index (χ1v) is 5.74. The lowest BCUT2D eigenvalue weighted by Crippen LogP contribution is -2.50. The van der Waals surface area contributed by atoms with Gasteiger partial charge in [0.15, 0.2) is 6.36 Å². The maximum atomic E-state index is 13.0. The van der Waals surface area contributed by atoms with Gasteiger partial charge in [0.1, 0.15) is 0 Å². The fourth-order valence-corrected chi connectivity index (χ4v) is 1.94. The van der Waals surface area contributed by atoms with Crippen molar-refractivity contribution in [2.75, 3.05) is 21.3 Å². The molecule has 0 aromatic rings. The molecule has 0 aliphatic rings. The molecule has 15 heavy (non-hydrogen) atoms. The van der Waals surface area contributed by atoms with E-state index in [1.807, 2.05) is 0 Å². The summed E-state index contributed by atoms with van der Waals surface area (Å²) < 4.78 is 31.4. The van der Waals surface area contributed by atoms with E-state index in [1.165, 1.54) is 21.3 Å². The van der Waals surface area contributed by atoms with E-state index in [0.717, 1.165) is 0 Å². The predicted molar refractivity (Wildman–Crippen MR) is 46.3 cm³/mol. The lowest BCUT2D eigenvalue weighted by molar-refractivity contribution is -0.377. The molecule has 92 valence electrons. The molecule has 0 aliphatic heterocycles. The maximum Gasteiger partial charge on any atom is 0.766 e. The summed E-state index contributed by atoms with van der Waals surface area (Å²) in [6.45, 7) is 1.57. The van der Waals surface area contributed by atoms with Gasteiger partial charge in [-0.1, -0.05) is 6.92 Å². The van der Waals surface area contributed by atoms with Crippen LogP contribution in [0.25, 0.3) is 0 Å². The Balaban J connectivity index is 4.44. The van der Waals surface area contributed by atoms with E-state index in [4.69, 9.17) is 4.43 Å². The van der Waals surface area contributed by atoms with Gasteiger partial charge in [-0.25, -0.2) is 19.1 Å². The smallest absolute Gasteiger partial charge is 0.315 e. The van der Waals surface area contributed by atoms with Crippen LogP contribution in [0.2, 0.25) is 0 Å². The van der Waals surface area contributed by atoms with E-state index in [9.17, 15) is 4.39 Å². The molecule has 0 fully saturated rings. The van der Waals surface area contributed by atoms with Crippen LogP contribution in [0.15, 0.2) is 0 Å². The summed E-state index contributed by atoms with van der Waals surface area (Å²) in [6, 6.07) is 0. The molecule has 0 saturated carbocycles. The Labute approximate surface area is 88.2 Å². The van der Waals surface area contributed by atoms with E-state index in [1.54, 1.807) is 6.92 Å². The SMILES string of the molecule is CCC(F)O[Si](OOC)(OOC)OOC. The monoisotopic (exact) mass is 246 g/mol. The van der Waals surface area contributed by atoms with E-state index >= 15 is 0 Å². The minimum absolute atomic E-state index is 0.0853. The summed E-state index contributed by atoms with van der Waals surface area (Å²) in [4.78, 5) is 13.0. The van der Waals surface area contributed by atoms with Crippen molar-refractivity contribution in [1.82, 2.24) is 0 Å². The van der Waals surface area contributed by atoms with Crippen LogP contribution in [-0.4, -0.2) is 36.7 Å². The van der Waals surface area contributed by atoms with Gasteiger partial charge < -0.3 is 4.43 Å². The van der Waals surface area contributed by atoms with Gasteiger partial charge >= 0.3 is 9.05 Å². The highest BCUT2D eigenvalue weighted by Crippen LogP contribution is 2.17. The number of rotatable bonds is 9. The molecule has 7 nitrogen and oxygen atoms in total. The third-order valence-corrected chi connectivity index (χ3v) is 2.81. The van der Waals surface area contributed by atoms with Crippen molar-refractivity contribution in [2.45, 2.75) is 19.7 Å². The molecular weight excluding hydrogens is 231 g/mol. The Kier molecular flexibility index (Phi) is 8.00. The van der Waals surface area contributed by atoms with Crippen LogP contribution in [0.4, 0.5) is 4.39 Å². The van der Waals surface area contributed by atoms with E-state index < -0.39 is 15.4 Å². The van der Waals surface area contributed by atoms with E-state index in [0.29, 0.717) is 0 Å². The first-order chi connectivity index (χ1) is 7.14. The average molecular weight is 246 g/mol. The lowest BCUT2D eigenvalue weighted by atomic mass is 10.5. The minimum atomic E-state index is -3.92.